The average molecular weight is 358 g/mol. The Balaban J connectivity index is 1.58. The Labute approximate surface area is 152 Å². The lowest BCUT2D eigenvalue weighted by molar-refractivity contribution is -0.133. The Kier molecular flexibility index (Phi) is 5.11. The van der Waals surface area contributed by atoms with Crippen molar-refractivity contribution in [3.63, 3.8) is 0 Å². The molecule has 1 amide bonds. The van der Waals surface area contributed by atoms with Gasteiger partial charge in [-0.15, -0.1) is 0 Å². The fourth-order valence-electron chi connectivity index (χ4n) is 3.16. The van der Waals surface area contributed by atoms with Gasteiger partial charge in [0.05, 0.1) is 5.56 Å². The van der Waals surface area contributed by atoms with Crippen LogP contribution in [-0.4, -0.2) is 35.0 Å². The lowest BCUT2D eigenvalue weighted by atomic mass is 10.2. The second-order valence-electron chi connectivity index (χ2n) is 6.80. The number of hydrogen-bond acceptors (Lipinski definition) is 3. The van der Waals surface area contributed by atoms with Crippen molar-refractivity contribution < 1.29 is 18.7 Å². The number of carbonyl (C=O) groups is 2. The monoisotopic (exact) mass is 358 g/mol. The molecular weight excluding hydrogens is 335 g/mol. The standard InChI is InChI=1S/C20H23FN2O3/c1-13-10-17(14(2)23(13)16-8-9-16)20(25)26-12-19(24)22(3)11-15-6-4-5-7-18(15)21/h4-7,10,16H,8-9,11-12H2,1-3H3. The van der Waals surface area contributed by atoms with Crippen molar-refractivity contribution >= 4 is 11.9 Å². The predicted molar refractivity (Wildman–Crippen MR) is 95.3 cm³/mol. The number of esters is 1. The molecule has 1 heterocycles. The SMILES string of the molecule is Cc1cc(C(=O)OCC(=O)N(C)Cc2ccccc2F)c(C)n1C1CC1. The molecule has 1 fully saturated rings. The van der Waals surface area contributed by atoms with Crippen molar-refractivity contribution in [2.24, 2.45) is 0 Å². The number of nitrogens with zero attached hydrogens (tertiary/aromatic N) is 2. The number of hydrogen-bond donors (Lipinski definition) is 0. The number of aryl methyl sites for hydroxylation is 1. The van der Waals surface area contributed by atoms with Crippen molar-refractivity contribution in [2.75, 3.05) is 13.7 Å². The zero-order valence-electron chi connectivity index (χ0n) is 15.3. The summed E-state index contributed by atoms with van der Waals surface area (Å²) in [5.41, 5.74) is 2.82. The van der Waals surface area contributed by atoms with Crippen LogP contribution >= 0.6 is 0 Å². The number of likely N-dealkylation sites (N-methyl/N-ethyl adjacent to an activating group) is 1. The van der Waals surface area contributed by atoms with Gasteiger partial charge in [-0.2, -0.15) is 0 Å². The van der Waals surface area contributed by atoms with E-state index in [1.54, 1.807) is 25.2 Å². The van der Waals surface area contributed by atoms with E-state index in [1.807, 2.05) is 19.9 Å². The molecule has 138 valence electrons. The highest BCUT2D eigenvalue weighted by atomic mass is 19.1. The largest absolute Gasteiger partial charge is 0.452 e. The summed E-state index contributed by atoms with van der Waals surface area (Å²) in [5, 5.41) is 0. The van der Waals surface area contributed by atoms with Crippen molar-refractivity contribution in [2.45, 2.75) is 39.3 Å². The normalized spacial score (nSPS) is 13.5. The van der Waals surface area contributed by atoms with Crippen LogP contribution in [0.4, 0.5) is 4.39 Å². The third-order valence-corrected chi connectivity index (χ3v) is 4.73. The van der Waals surface area contributed by atoms with Gasteiger partial charge >= 0.3 is 5.97 Å². The lowest BCUT2D eigenvalue weighted by Crippen LogP contribution is -2.31. The molecule has 3 rings (SSSR count). The van der Waals surface area contributed by atoms with E-state index in [0.29, 0.717) is 17.2 Å². The van der Waals surface area contributed by atoms with Crippen LogP contribution in [0.3, 0.4) is 0 Å². The van der Waals surface area contributed by atoms with Crippen molar-refractivity contribution in [1.82, 2.24) is 9.47 Å². The highest BCUT2D eigenvalue weighted by molar-refractivity contribution is 5.92. The van der Waals surface area contributed by atoms with Gasteiger partial charge in [0.1, 0.15) is 5.82 Å². The number of benzene rings is 1. The van der Waals surface area contributed by atoms with Gasteiger partial charge in [-0.25, -0.2) is 9.18 Å². The fraction of sp³-hybridized carbons (Fsp3) is 0.400. The van der Waals surface area contributed by atoms with Crippen LogP contribution in [0.15, 0.2) is 30.3 Å². The molecule has 0 spiro atoms. The van der Waals surface area contributed by atoms with Crippen LogP contribution in [0.25, 0.3) is 0 Å². The van der Waals surface area contributed by atoms with Gasteiger partial charge in [0, 0.05) is 36.6 Å². The van der Waals surface area contributed by atoms with Gasteiger partial charge in [-0.3, -0.25) is 4.79 Å². The molecule has 0 bridgehead atoms. The minimum atomic E-state index is -0.502. The first-order valence-electron chi connectivity index (χ1n) is 8.71. The zero-order chi connectivity index (χ0) is 18.8. The number of aromatic nitrogens is 1. The molecule has 1 aromatic heterocycles. The molecule has 0 N–H and O–H groups in total. The van der Waals surface area contributed by atoms with Crippen LogP contribution in [-0.2, 0) is 16.1 Å². The highest BCUT2D eigenvalue weighted by Gasteiger charge is 2.29. The van der Waals surface area contributed by atoms with E-state index >= 15 is 0 Å². The van der Waals surface area contributed by atoms with E-state index in [-0.39, 0.29) is 24.9 Å². The number of carbonyl (C=O) groups excluding carboxylic acids is 2. The van der Waals surface area contributed by atoms with Crippen LogP contribution in [0.2, 0.25) is 0 Å². The van der Waals surface area contributed by atoms with Gasteiger partial charge in [0.2, 0.25) is 0 Å². The summed E-state index contributed by atoms with van der Waals surface area (Å²) in [5.74, 6) is -1.24. The second-order valence-corrected chi connectivity index (χ2v) is 6.80. The summed E-state index contributed by atoms with van der Waals surface area (Å²) in [6.45, 7) is 3.62. The van der Waals surface area contributed by atoms with E-state index in [2.05, 4.69) is 4.57 Å². The topological polar surface area (TPSA) is 51.5 Å². The minimum absolute atomic E-state index is 0.124. The second kappa shape index (κ2) is 7.32. The molecule has 6 heteroatoms. The third kappa shape index (κ3) is 3.79. The Morgan fingerprint density at radius 3 is 2.62 bits per heavy atom. The fourth-order valence-corrected chi connectivity index (χ4v) is 3.16. The Bertz CT molecular complexity index is 840. The number of amides is 1. The summed E-state index contributed by atoms with van der Waals surface area (Å²) in [6.07, 6.45) is 2.26. The quantitative estimate of drug-likeness (QED) is 0.744. The van der Waals surface area contributed by atoms with Gasteiger partial charge in [-0.05, 0) is 38.8 Å². The maximum Gasteiger partial charge on any atom is 0.340 e. The average Bonchev–Trinajstić information content (AvgIpc) is 3.39. The van der Waals surface area contributed by atoms with Gasteiger partial charge in [0.25, 0.3) is 5.91 Å². The van der Waals surface area contributed by atoms with E-state index in [0.717, 1.165) is 24.2 Å². The third-order valence-electron chi connectivity index (χ3n) is 4.73. The summed E-state index contributed by atoms with van der Waals surface area (Å²) in [6, 6.07) is 8.57. The molecule has 1 aliphatic carbocycles. The molecule has 0 saturated heterocycles. The van der Waals surface area contributed by atoms with Crippen LogP contribution in [0.1, 0.15) is 46.2 Å². The molecule has 5 nitrogen and oxygen atoms in total. The van der Waals surface area contributed by atoms with Gasteiger partial charge < -0.3 is 14.2 Å². The minimum Gasteiger partial charge on any atom is -0.452 e. The van der Waals surface area contributed by atoms with Crippen LogP contribution in [0.5, 0.6) is 0 Å². The molecule has 2 aromatic rings. The van der Waals surface area contributed by atoms with Crippen molar-refractivity contribution in [1.29, 1.82) is 0 Å². The van der Waals surface area contributed by atoms with E-state index in [9.17, 15) is 14.0 Å². The smallest absolute Gasteiger partial charge is 0.340 e. The van der Waals surface area contributed by atoms with Gasteiger partial charge in [0.15, 0.2) is 6.61 Å². The molecule has 1 aliphatic rings. The highest BCUT2D eigenvalue weighted by Crippen LogP contribution is 2.38. The molecule has 0 unspecified atom stereocenters. The van der Waals surface area contributed by atoms with Gasteiger partial charge in [-0.1, -0.05) is 18.2 Å². The summed E-state index contributed by atoms with van der Waals surface area (Å²) in [4.78, 5) is 25.9. The maximum absolute atomic E-state index is 13.7. The van der Waals surface area contributed by atoms with Crippen LogP contribution < -0.4 is 0 Å². The predicted octanol–water partition coefficient (Wildman–Crippen LogP) is 3.39. The molecule has 0 aliphatic heterocycles. The Morgan fingerprint density at radius 1 is 1.27 bits per heavy atom. The first-order valence-corrected chi connectivity index (χ1v) is 8.71. The molecule has 1 saturated carbocycles. The molecule has 0 atom stereocenters. The molecular formula is C20H23FN2O3. The maximum atomic E-state index is 13.7. The number of rotatable bonds is 6. The summed E-state index contributed by atoms with van der Waals surface area (Å²) in [7, 11) is 1.56. The van der Waals surface area contributed by atoms with E-state index < -0.39 is 5.97 Å². The first-order chi connectivity index (χ1) is 12.4. The van der Waals surface area contributed by atoms with Crippen LogP contribution in [0, 0.1) is 19.7 Å². The van der Waals surface area contributed by atoms with Crippen molar-refractivity contribution in [3.8, 4) is 0 Å². The number of halogens is 1. The summed E-state index contributed by atoms with van der Waals surface area (Å²) < 4.78 is 21.0. The summed E-state index contributed by atoms with van der Waals surface area (Å²) >= 11 is 0. The Hall–Kier alpha value is -2.63. The lowest BCUT2D eigenvalue weighted by Gasteiger charge is -2.17. The first kappa shape index (κ1) is 18.2. The molecule has 26 heavy (non-hydrogen) atoms. The number of ether oxygens (including phenoxy) is 1. The zero-order valence-corrected chi connectivity index (χ0v) is 15.3. The van der Waals surface area contributed by atoms with E-state index in [4.69, 9.17) is 4.74 Å². The molecule has 1 aromatic carbocycles. The molecule has 0 radical (unpaired) electrons. The van der Waals surface area contributed by atoms with Crippen molar-refractivity contribution in [3.05, 3.63) is 58.7 Å². The Morgan fingerprint density at radius 2 is 1.96 bits per heavy atom. The van der Waals surface area contributed by atoms with E-state index in [1.165, 1.54) is 11.0 Å².